The Labute approximate surface area is 236 Å². The summed E-state index contributed by atoms with van der Waals surface area (Å²) in [5.41, 5.74) is 5.23. The van der Waals surface area contributed by atoms with Crippen LogP contribution in [0.15, 0.2) is 85.1 Å². The molecule has 3 N–H and O–H groups in total. The molecule has 0 spiro atoms. The lowest BCUT2D eigenvalue weighted by molar-refractivity contribution is -0.143. The van der Waals surface area contributed by atoms with Crippen LogP contribution >= 0.6 is 0 Å². The minimum atomic E-state index is -1.34. The fourth-order valence-corrected chi connectivity index (χ4v) is 4.98. The fourth-order valence-electron chi connectivity index (χ4n) is 4.98. The zero-order valence-electron chi connectivity index (χ0n) is 22.6. The van der Waals surface area contributed by atoms with Crippen molar-refractivity contribution in [2.24, 2.45) is 7.05 Å². The number of fused-ring (bicyclic) bond motifs is 3. The standard InChI is InChI=1S/C31H30N4O6/c1-19(40-17-20-10-4-3-5-11-20)27(30(37)38)33-29(36)25-16-32-35(2)28(25)34-31(39)41-18-26-23-14-8-6-12-21(23)22-13-7-9-15-24(22)26/h3-16,19,26-27H,17-18H2,1-2H3,(H,33,36)(H,34,39)(H,37,38). The average molecular weight is 555 g/mol. The summed E-state index contributed by atoms with van der Waals surface area (Å²) in [4.78, 5) is 37.9. The highest BCUT2D eigenvalue weighted by atomic mass is 16.5. The second-order valence-corrected chi connectivity index (χ2v) is 9.77. The summed E-state index contributed by atoms with van der Waals surface area (Å²) in [6, 6.07) is 24.0. The molecule has 0 radical (unpaired) electrons. The minimum absolute atomic E-state index is 0.0116. The number of hydrogen-bond donors (Lipinski definition) is 3. The molecular weight excluding hydrogens is 524 g/mol. The number of anilines is 1. The van der Waals surface area contributed by atoms with Gasteiger partial charge in [0.1, 0.15) is 18.0 Å². The van der Waals surface area contributed by atoms with Crippen LogP contribution < -0.4 is 10.6 Å². The lowest BCUT2D eigenvalue weighted by atomic mass is 9.98. The van der Waals surface area contributed by atoms with Crippen molar-refractivity contribution >= 4 is 23.8 Å². The van der Waals surface area contributed by atoms with E-state index in [1.54, 1.807) is 14.0 Å². The highest BCUT2D eigenvalue weighted by molar-refractivity contribution is 6.03. The Balaban J connectivity index is 1.23. The number of aromatic nitrogens is 2. The molecule has 10 heteroatoms. The van der Waals surface area contributed by atoms with E-state index < -0.39 is 30.1 Å². The van der Waals surface area contributed by atoms with Crippen LogP contribution in [-0.4, -0.2) is 51.6 Å². The molecule has 2 atom stereocenters. The normalized spacial score (nSPS) is 13.5. The Morgan fingerprint density at radius 2 is 1.56 bits per heavy atom. The first-order valence-electron chi connectivity index (χ1n) is 13.2. The molecule has 2 amide bonds. The molecule has 1 aromatic heterocycles. The number of benzene rings is 3. The second-order valence-electron chi connectivity index (χ2n) is 9.77. The number of carbonyl (C=O) groups is 3. The van der Waals surface area contributed by atoms with Crippen molar-refractivity contribution in [1.82, 2.24) is 15.1 Å². The maximum atomic E-state index is 13.1. The largest absolute Gasteiger partial charge is 0.480 e. The molecule has 1 heterocycles. The number of aliphatic carboxylic acids is 1. The first-order valence-corrected chi connectivity index (χ1v) is 13.2. The van der Waals surface area contributed by atoms with Gasteiger partial charge in [-0.05, 0) is 34.7 Å². The third-order valence-corrected chi connectivity index (χ3v) is 7.13. The third kappa shape index (κ3) is 5.97. The summed E-state index contributed by atoms with van der Waals surface area (Å²) in [6.45, 7) is 1.85. The topological polar surface area (TPSA) is 132 Å². The summed E-state index contributed by atoms with van der Waals surface area (Å²) in [5, 5.41) is 18.9. The van der Waals surface area contributed by atoms with E-state index in [0.717, 1.165) is 27.8 Å². The van der Waals surface area contributed by atoms with Gasteiger partial charge in [0, 0.05) is 13.0 Å². The van der Waals surface area contributed by atoms with Crippen LogP contribution in [0.2, 0.25) is 0 Å². The molecule has 0 saturated carbocycles. The van der Waals surface area contributed by atoms with E-state index in [0.29, 0.717) is 0 Å². The summed E-state index contributed by atoms with van der Waals surface area (Å²) in [5.74, 6) is -2.04. The van der Waals surface area contributed by atoms with Crippen LogP contribution in [0.4, 0.5) is 10.6 Å². The number of ether oxygens (including phenoxy) is 2. The van der Waals surface area contributed by atoms with Crippen molar-refractivity contribution < 1.29 is 29.0 Å². The predicted molar refractivity (Wildman–Crippen MR) is 151 cm³/mol. The molecule has 0 fully saturated rings. The molecule has 10 nitrogen and oxygen atoms in total. The lowest BCUT2D eigenvalue weighted by Gasteiger charge is -2.22. The maximum absolute atomic E-state index is 13.1. The quantitative estimate of drug-likeness (QED) is 0.262. The van der Waals surface area contributed by atoms with E-state index in [1.807, 2.05) is 78.9 Å². The van der Waals surface area contributed by atoms with Crippen molar-refractivity contribution in [3.63, 3.8) is 0 Å². The van der Waals surface area contributed by atoms with Crippen molar-refractivity contribution in [3.05, 3.63) is 107 Å². The monoisotopic (exact) mass is 554 g/mol. The Morgan fingerprint density at radius 1 is 0.951 bits per heavy atom. The first kappa shape index (κ1) is 27.6. The van der Waals surface area contributed by atoms with E-state index in [2.05, 4.69) is 15.7 Å². The van der Waals surface area contributed by atoms with Gasteiger partial charge in [-0.25, -0.2) is 9.59 Å². The van der Waals surface area contributed by atoms with Gasteiger partial charge < -0.3 is 19.9 Å². The van der Waals surface area contributed by atoms with Crippen LogP contribution in [0, 0.1) is 0 Å². The van der Waals surface area contributed by atoms with E-state index in [1.165, 1.54) is 10.9 Å². The average Bonchev–Trinajstić information content (AvgIpc) is 3.51. The van der Waals surface area contributed by atoms with E-state index in [9.17, 15) is 19.5 Å². The molecule has 3 aromatic carbocycles. The fraction of sp³-hybridized carbons (Fsp3) is 0.226. The van der Waals surface area contributed by atoms with Gasteiger partial charge >= 0.3 is 12.1 Å². The second kappa shape index (κ2) is 12.1. The van der Waals surface area contributed by atoms with Gasteiger partial charge in [0.25, 0.3) is 5.91 Å². The molecule has 2 unspecified atom stereocenters. The van der Waals surface area contributed by atoms with Gasteiger partial charge in [0.05, 0.1) is 18.9 Å². The zero-order valence-corrected chi connectivity index (χ0v) is 22.6. The Kier molecular flexibility index (Phi) is 8.11. The van der Waals surface area contributed by atoms with E-state index in [4.69, 9.17) is 9.47 Å². The van der Waals surface area contributed by atoms with Gasteiger partial charge in [-0.2, -0.15) is 5.10 Å². The summed E-state index contributed by atoms with van der Waals surface area (Å²) < 4.78 is 12.6. The summed E-state index contributed by atoms with van der Waals surface area (Å²) >= 11 is 0. The van der Waals surface area contributed by atoms with Crippen LogP contribution in [0.3, 0.4) is 0 Å². The van der Waals surface area contributed by atoms with E-state index >= 15 is 0 Å². The molecule has 4 aromatic rings. The highest BCUT2D eigenvalue weighted by Crippen LogP contribution is 2.44. The van der Waals surface area contributed by atoms with Crippen molar-refractivity contribution in [3.8, 4) is 11.1 Å². The number of nitrogens with zero attached hydrogens (tertiary/aromatic N) is 2. The molecule has 0 aliphatic heterocycles. The number of rotatable bonds is 10. The smallest absolute Gasteiger partial charge is 0.412 e. The van der Waals surface area contributed by atoms with Gasteiger partial charge in [-0.3, -0.25) is 14.8 Å². The predicted octanol–water partition coefficient (Wildman–Crippen LogP) is 4.57. The molecular formula is C31H30N4O6. The number of aryl methyl sites for hydroxylation is 1. The number of nitrogens with one attached hydrogen (secondary N) is 2. The van der Waals surface area contributed by atoms with E-state index in [-0.39, 0.29) is 30.5 Å². The van der Waals surface area contributed by atoms with Gasteiger partial charge in [-0.15, -0.1) is 0 Å². The third-order valence-electron chi connectivity index (χ3n) is 7.13. The van der Waals surface area contributed by atoms with Crippen LogP contribution in [0.1, 0.15) is 39.9 Å². The molecule has 1 aliphatic rings. The number of carboxylic acid groups (broad SMARTS) is 1. The number of carboxylic acids is 1. The molecule has 1 aliphatic carbocycles. The van der Waals surface area contributed by atoms with Gasteiger partial charge in [0.2, 0.25) is 0 Å². The van der Waals surface area contributed by atoms with Crippen LogP contribution in [0.25, 0.3) is 11.1 Å². The van der Waals surface area contributed by atoms with Crippen molar-refractivity contribution in [2.45, 2.75) is 31.6 Å². The highest BCUT2D eigenvalue weighted by Gasteiger charge is 2.31. The van der Waals surface area contributed by atoms with Gasteiger partial charge in [-0.1, -0.05) is 78.9 Å². The molecule has 0 saturated heterocycles. The Morgan fingerprint density at radius 3 is 2.20 bits per heavy atom. The van der Waals surface area contributed by atoms with Crippen molar-refractivity contribution in [1.29, 1.82) is 0 Å². The zero-order chi connectivity index (χ0) is 28.9. The molecule has 210 valence electrons. The molecule has 41 heavy (non-hydrogen) atoms. The Hall–Kier alpha value is -4.96. The number of carbonyl (C=O) groups excluding carboxylic acids is 2. The SMILES string of the molecule is CC(OCc1ccccc1)C(NC(=O)c1cnn(C)c1NC(=O)OCC1c2ccccc2-c2ccccc21)C(=O)O. The lowest BCUT2D eigenvalue weighted by Crippen LogP contribution is -2.48. The van der Waals surface area contributed by atoms with Crippen molar-refractivity contribution in [2.75, 3.05) is 11.9 Å². The number of amides is 2. The van der Waals surface area contributed by atoms with Gasteiger partial charge in [0.15, 0.2) is 6.04 Å². The summed E-state index contributed by atoms with van der Waals surface area (Å²) in [7, 11) is 1.55. The minimum Gasteiger partial charge on any atom is -0.480 e. The Bertz CT molecular complexity index is 1520. The first-order chi connectivity index (χ1) is 19.8. The van der Waals surface area contributed by atoms with Crippen LogP contribution in [-0.2, 0) is 27.9 Å². The summed E-state index contributed by atoms with van der Waals surface area (Å²) in [6.07, 6.45) is -0.353. The molecule has 5 rings (SSSR count). The van der Waals surface area contributed by atoms with Crippen LogP contribution in [0.5, 0.6) is 0 Å². The molecule has 0 bridgehead atoms. The number of hydrogen-bond acceptors (Lipinski definition) is 6. The maximum Gasteiger partial charge on any atom is 0.412 e.